The van der Waals surface area contributed by atoms with Gasteiger partial charge in [0, 0.05) is 25.1 Å². The quantitative estimate of drug-likeness (QED) is 0.515. The predicted octanol–water partition coefficient (Wildman–Crippen LogP) is 4.22. The molecule has 3 aromatic rings. The van der Waals surface area contributed by atoms with E-state index in [1.807, 2.05) is 23.6 Å². The summed E-state index contributed by atoms with van der Waals surface area (Å²) in [5, 5.41) is 5.01. The number of rotatable bonds is 10. The van der Waals surface area contributed by atoms with Gasteiger partial charge in [0.25, 0.3) is 0 Å². The maximum absolute atomic E-state index is 12.0. The molecule has 0 saturated heterocycles. The highest BCUT2D eigenvalue weighted by Gasteiger charge is 2.09. The highest BCUT2D eigenvalue weighted by Crippen LogP contribution is 2.25. The Morgan fingerprint density at radius 1 is 1.26 bits per heavy atom. The van der Waals surface area contributed by atoms with Crippen LogP contribution in [0.4, 0.5) is 0 Å². The van der Waals surface area contributed by atoms with E-state index < -0.39 is 0 Å². The van der Waals surface area contributed by atoms with Crippen molar-refractivity contribution in [3.05, 3.63) is 59.4 Å². The van der Waals surface area contributed by atoms with Crippen LogP contribution in [0.25, 0.3) is 10.6 Å². The van der Waals surface area contributed by atoms with Gasteiger partial charge >= 0.3 is 0 Å². The van der Waals surface area contributed by atoms with Crippen molar-refractivity contribution >= 4 is 17.2 Å². The van der Waals surface area contributed by atoms with Crippen molar-refractivity contribution in [2.24, 2.45) is 0 Å². The summed E-state index contributed by atoms with van der Waals surface area (Å²) in [5.74, 6) is 0.907. The van der Waals surface area contributed by atoms with Crippen molar-refractivity contribution in [2.45, 2.75) is 32.6 Å². The fraction of sp³-hybridized carbons (Fsp3) is 0.333. The van der Waals surface area contributed by atoms with Crippen molar-refractivity contribution in [2.75, 3.05) is 13.2 Å². The largest absolute Gasteiger partial charge is 0.494 e. The molecule has 2 heterocycles. The zero-order valence-corrected chi connectivity index (χ0v) is 16.3. The van der Waals surface area contributed by atoms with E-state index in [2.05, 4.69) is 40.4 Å². The number of aromatic amines is 1. The van der Waals surface area contributed by atoms with Gasteiger partial charge in [-0.3, -0.25) is 4.79 Å². The van der Waals surface area contributed by atoms with E-state index in [-0.39, 0.29) is 5.91 Å². The average molecular weight is 384 g/mol. The number of nitrogens with one attached hydrogen (secondary N) is 2. The number of aromatic nitrogens is 2. The smallest absolute Gasteiger partial charge is 0.220 e. The minimum absolute atomic E-state index is 0.0529. The summed E-state index contributed by atoms with van der Waals surface area (Å²) in [6, 6.07) is 12.2. The normalized spacial score (nSPS) is 10.7. The highest BCUT2D eigenvalue weighted by molar-refractivity contribution is 7.13. The Balaban J connectivity index is 1.33. The molecule has 2 N–H and O–H groups in total. The Bertz CT molecular complexity index is 826. The Kier molecular flexibility index (Phi) is 7.04. The molecular weight excluding hydrogens is 358 g/mol. The van der Waals surface area contributed by atoms with E-state index in [4.69, 9.17) is 4.74 Å². The summed E-state index contributed by atoms with van der Waals surface area (Å²) in [7, 11) is 0. The van der Waals surface area contributed by atoms with Gasteiger partial charge in [0.2, 0.25) is 5.91 Å². The van der Waals surface area contributed by atoms with Crippen molar-refractivity contribution in [1.29, 1.82) is 0 Å². The SMILES string of the molecule is CCc1ccc(OCCCC(=O)NCCc2[nH]cnc2-c2cccs2)cc1. The van der Waals surface area contributed by atoms with Gasteiger partial charge in [-0.2, -0.15) is 0 Å². The third-order valence-electron chi connectivity index (χ3n) is 4.32. The third kappa shape index (κ3) is 5.69. The zero-order valence-electron chi connectivity index (χ0n) is 15.5. The molecule has 142 valence electrons. The first-order valence-electron chi connectivity index (χ1n) is 9.31. The molecule has 0 atom stereocenters. The van der Waals surface area contributed by atoms with Crippen LogP contribution in [0.1, 0.15) is 31.0 Å². The lowest BCUT2D eigenvalue weighted by molar-refractivity contribution is -0.121. The lowest BCUT2D eigenvalue weighted by atomic mass is 10.2. The van der Waals surface area contributed by atoms with Crippen LogP contribution in [0.3, 0.4) is 0 Å². The Labute approximate surface area is 163 Å². The summed E-state index contributed by atoms with van der Waals surface area (Å²) in [6.45, 7) is 3.27. The molecule has 0 aliphatic carbocycles. The van der Waals surface area contributed by atoms with Gasteiger partial charge in [-0.25, -0.2) is 4.98 Å². The zero-order chi connectivity index (χ0) is 18.9. The number of carbonyl (C=O) groups is 1. The number of thiophene rings is 1. The second kappa shape index (κ2) is 9.92. The molecule has 27 heavy (non-hydrogen) atoms. The van der Waals surface area contributed by atoms with Crippen LogP contribution >= 0.6 is 11.3 Å². The molecule has 0 radical (unpaired) electrons. The number of carbonyl (C=O) groups excluding carboxylic acids is 1. The molecule has 0 bridgehead atoms. The van der Waals surface area contributed by atoms with Crippen molar-refractivity contribution in [3.8, 4) is 16.3 Å². The molecule has 6 heteroatoms. The Morgan fingerprint density at radius 3 is 2.85 bits per heavy atom. The molecule has 0 unspecified atom stereocenters. The van der Waals surface area contributed by atoms with E-state index in [0.29, 0.717) is 26.0 Å². The van der Waals surface area contributed by atoms with Gasteiger partial charge in [-0.15, -0.1) is 11.3 Å². The van der Waals surface area contributed by atoms with E-state index in [1.165, 1.54) is 5.56 Å². The Hall–Kier alpha value is -2.60. The molecule has 0 fully saturated rings. The molecule has 0 aliphatic heterocycles. The van der Waals surface area contributed by atoms with E-state index >= 15 is 0 Å². The first-order chi connectivity index (χ1) is 13.3. The number of ether oxygens (including phenoxy) is 1. The molecule has 2 aromatic heterocycles. The van der Waals surface area contributed by atoms with Crippen LogP contribution < -0.4 is 10.1 Å². The number of imidazole rings is 1. The first-order valence-corrected chi connectivity index (χ1v) is 10.2. The molecular formula is C21H25N3O2S. The van der Waals surface area contributed by atoms with Gasteiger partial charge in [0.05, 0.1) is 17.8 Å². The van der Waals surface area contributed by atoms with Gasteiger partial charge in [-0.05, 0) is 42.0 Å². The minimum atomic E-state index is 0.0529. The number of aryl methyl sites for hydroxylation is 1. The summed E-state index contributed by atoms with van der Waals surface area (Å²) < 4.78 is 5.68. The molecule has 0 saturated carbocycles. The number of H-pyrrole nitrogens is 1. The van der Waals surface area contributed by atoms with Crippen LogP contribution in [-0.4, -0.2) is 29.0 Å². The van der Waals surface area contributed by atoms with Crippen LogP contribution in [-0.2, 0) is 17.6 Å². The molecule has 0 spiro atoms. The number of hydrogen-bond donors (Lipinski definition) is 2. The number of nitrogens with zero attached hydrogens (tertiary/aromatic N) is 1. The second-order valence-electron chi connectivity index (χ2n) is 6.26. The van der Waals surface area contributed by atoms with Crippen LogP contribution in [0.15, 0.2) is 48.1 Å². The molecule has 1 aromatic carbocycles. The minimum Gasteiger partial charge on any atom is -0.494 e. The molecule has 3 rings (SSSR count). The first kappa shape index (κ1) is 19.2. The van der Waals surface area contributed by atoms with Gasteiger partial charge in [0.15, 0.2) is 0 Å². The maximum atomic E-state index is 12.0. The highest BCUT2D eigenvalue weighted by atomic mass is 32.1. The topological polar surface area (TPSA) is 67.0 Å². The van der Waals surface area contributed by atoms with Gasteiger partial charge in [-0.1, -0.05) is 25.1 Å². The van der Waals surface area contributed by atoms with Crippen molar-refractivity contribution in [1.82, 2.24) is 15.3 Å². The lowest BCUT2D eigenvalue weighted by Crippen LogP contribution is -2.26. The number of amides is 1. The predicted molar refractivity (Wildman–Crippen MR) is 109 cm³/mol. The van der Waals surface area contributed by atoms with Crippen LogP contribution in [0, 0.1) is 0 Å². The number of benzene rings is 1. The molecule has 1 amide bonds. The average Bonchev–Trinajstić information content (AvgIpc) is 3.37. The standard InChI is InChI=1S/C21H25N3O2S/c1-2-16-7-9-17(10-8-16)26-13-3-6-20(25)22-12-11-18-21(24-15-23-18)19-5-4-14-27-19/h4-5,7-10,14-15H,2-3,6,11-13H2,1H3,(H,22,25)(H,23,24). The fourth-order valence-corrected chi connectivity index (χ4v) is 3.55. The molecule has 5 nitrogen and oxygen atoms in total. The van der Waals surface area contributed by atoms with Crippen LogP contribution in [0.5, 0.6) is 5.75 Å². The molecule has 0 aliphatic rings. The van der Waals surface area contributed by atoms with Crippen molar-refractivity contribution < 1.29 is 9.53 Å². The van der Waals surface area contributed by atoms with E-state index in [0.717, 1.165) is 34.9 Å². The van der Waals surface area contributed by atoms with E-state index in [9.17, 15) is 4.79 Å². The lowest BCUT2D eigenvalue weighted by Gasteiger charge is -2.08. The van der Waals surface area contributed by atoms with Gasteiger partial charge < -0.3 is 15.0 Å². The monoisotopic (exact) mass is 383 g/mol. The van der Waals surface area contributed by atoms with E-state index in [1.54, 1.807) is 17.7 Å². The van der Waals surface area contributed by atoms with Crippen molar-refractivity contribution in [3.63, 3.8) is 0 Å². The maximum Gasteiger partial charge on any atom is 0.220 e. The summed E-state index contributed by atoms with van der Waals surface area (Å²) >= 11 is 1.66. The summed E-state index contributed by atoms with van der Waals surface area (Å²) in [6.07, 6.45) is 4.63. The summed E-state index contributed by atoms with van der Waals surface area (Å²) in [4.78, 5) is 20.7. The third-order valence-corrected chi connectivity index (χ3v) is 5.20. The Morgan fingerprint density at radius 2 is 2.11 bits per heavy atom. The number of hydrogen-bond acceptors (Lipinski definition) is 4. The summed E-state index contributed by atoms with van der Waals surface area (Å²) in [5.41, 5.74) is 3.32. The van der Waals surface area contributed by atoms with Gasteiger partial charge in [0.1, 0.15) is 11.4 Å². The van der Waals surface area contributed by atoms with Crippen LogP contribution in [0.2, 0.25) is 0 Å². The second-order valence-corrected chi connectivity index (χ2v) is 7.20. The fourth-order valence-electron chi connectivity index (χ4n) is 2.80.